The molecule has 0 radical (unpaired) electrons. The molecule has 1 N–H and O–H groups in total. The highest BCUT2D eigenvalue weighted by atomic mass is 32.1. The molecule has 8 heteroatoms. The summed E-state index contributed by atoms with van der Waals surface area (Å²) in [5.74, 6) is -0.270. The average Bonchev–Trinajstić information content (AvgIpc) is 3.34. The van der Waals surface area contributed by atoms with Gasteiger partial charge in [-0.3, -0.25) is 9.59 Å². The third kappa shape index (κ3) is 5.37. The Morgan fingerprint density at radius 3 is 2.89 bits per heavy atom. The van der Waals surface area contributed by atoms with E-state index < -0.39 is 0 Å². The van der Waals surface area contributed by atoms with Crippen LogP contribution in [0.1, 0.15) is 28.0 Å². The highest BCUT2D eigenvalue weighted by molar-refractivity contribution is 7.10. The number of hydrogen-bond acceptors (Lipinski definition) is 6. The van der Waals surface area contributed by atoms with Crippen LogP contribution >= 0.6 is 22.7 Å². The molecule has 2 aromatic heterocycles. The standard InChI is InChI=1S/C19H26N4O2S2/c1-13-12-27-19(20-13)16(10-15-5-4-8-26-15)21-18(25)14-9-17(24)23(11-14)7-6-22(2)3/h4-5,8,12,14,16H,6-7,9-11H2,1-3H3,(H,21,25)/t14-,16+/m1/s1. The summed E-state index contributed by atoms with van der Waals surface area (Å²) in [6.45, 7) is 3.93. The van der Waals surface area contributed by atoms with E-state index in [1.807, 2.05) is 42.7 Å². The van der Waals surface area contributed by atoms with Crippen molar-refractivity contribution in [1.82, 2.24) is 20.1 Å². The first-order chi connectivity index (χ1) is 12.9. The van der Waals surface area contributed by atoms with Gasteiger partial charge in [-0.05, 0) is 32.5 Å². The molecule has 0 saturated carbocycles. The lowest BCUT2D eigenvalue weighted by molar-refractivity contribution is -0.129. The van der Waals surface area contributed by atoms with Gasteiger partial charge in [0.25, 0.3) is 0 Å². The van der Waals surface area contributed by atoms with E-state index in [4.69, 9.17) is 0 Å². The van der Waals surface area contributed by atoms with Gasteiger partial charge in [0.15, 0.2) is 0 Å². The second kappa shape index (κ2) is 8.95. The lowest BCUT2D eigenvalue weighted by Crippen LogP contribution is -2.37. The fourth-order valence-corrected chi connectivity index (χ4v) is 4.74. The lowest BCUT2D eigenvalue weighted by Gasteiger charge is -2.20. The quantitative estimate of drug-likeness (QED) is 0.731. The summed E-state index contributed by atoms with van der Waals surface area (Å²) in [4.78, 5) is 34.7. The number of aryl methyl sites for hydroxylation is 1. The molecule has 1 fully saturated rings. The highest BCUT2D eigenvalue weighted by Gasteiger charge is 2.35. The summed E-state index contributed by atoms with van der Waals surface area (Å²) < 4.78 is 0. The Hall–Kier alpha value is -1.77. The normalized spacial score (nSPS) is 18.3. The predicted molar refractivity (Wildman–Crippen MR) is 109 cm³/mol. The van der Waals surface area contributed by atoms with Crippen molar-refractivity contribution >= 4 is 34.5 Å². The van der Waals surface area contributed by atoms with Crippen molar-refractivity contribution in [2.24, 2.45) is 5.92 Å². The molecule has 0 spiro atoms. The number of rotatable bonds is 8. The lowest BCUT2D eigenvalue weighted by atomic mass is 10.1. The number of likely N-dealkylation sites (tertiary alicyclic amines) is 1. The van der Waals surface area contributed by atoms with Crippen molar-refractivity contribution in [3.05, 3.63) is 38.5 Å². The van der Waals surface area contributed by atoms with Gasteiger partial charge in [-0.2, -0.15) is 0 Å². The zero-order valence-electron chi connectivity index (χ0n) is 16.0. The van der Waals surface area contributed by atoms with Gasteiger partial charge in [0.1, 0.15) is 5.01 Å². The second-order valence-electron chi connectivity index (χ2n) is 7.22. The van der Waals surface area contributed by atoms with Gasteiger partial charge < -0.3 is 15.1 Å². The smallest absolute Gasteiger partial charge is 0.225 e. The maximum absolute atomic E-state index is 12.9. The average molecular weight is 407 g/mol. The molecule has 0 aromatic carbocycles. The van der Waals surface area contributed by atoms with E-state index in [0.717, 1.165) is 23.7 Å². The molecular weight excluding hydrogens is 380 g/mol. The Labute approximate surface area is 168 Å². The highest BCUT2D eigenvalue weighted by Crippen LogP contribution is 2.26. The molecule has 146 valence electrons. The van der Waals surface area contributed by atoms with Gasteiger partial charge in [-0.25, -0.2) is 4.98 Å². The van der Waals surface area contributed by atoms with Crippen LogP contribution in [0.3, 0.4) is 0 Å². The number of thiazole rings is 1. The van der Waals surface area contributed by atoms with Crippen LogP contribution < -0.4 is 5.32 Å². The minimum Gasteiger partial charge on any atom is -0.346 e. The molecule has 3 rings (SSSR count). The third-order valence-electron chi connectivity index (χ3n) is 4.64. The van der Waals surface area contributed by atoms with Gasteiger partial charge in [-0.15, -0.1) is 22.7 Å². The van der Waals surface area contributed by atoms with Gasteiger partial charge in [0.2, 0.25) is 11.8 Å². The van der Waals surface area contributed by atoms with Crippen molar-refractivity contribution in [2.75, 3.05) is 33.7 Å². The second-order valence-corrected chi connectivity index (χ2v) is 9.14. The largest absolute Gasteiger partial charge is 0.346 e. The molecule has 1 aliphatic heterocycles. The number of nitrogens with one attached hydrogen (secondary N) is 1. The molecule has 27 heavy (non-hydrogen) atoms. The van der Waals surface area contributed by atoms with Crippen molar-refractivity contribution in [2.45, 2.75) is 25.8 Å². The summed E-state index contributed by atoms with van der Waals surface area (Å²) in [5, 5.41) is 8.12. The van der Waals surface area contributed by atoms with Crippen LogP contribution in [0, 0.1) is 12.8 Å². The first-order valence-corrected chi connectivity index (χ1v) is 10.9. The van der Waals surface area contributed by atoms with E-state index in [9.17, 15) is 9.59 Å². The Balaban J connectivity index is 1.65. The molecule has 0 bridgehead atoms. The summed E-state index contributed by atoms with van der Waals surface area (Å²) in [6.07, 6.45) is 1.02. The zero-order valence-corrected chi connectivity index (χ0v) is 17.6. The van der Waals surface area contributed by atoms with Crippen LogP contribution in [0.25, 0.3) is 0 Å². The molecule has 6 nitrogen and oxygen atoms in total. The number of nitrogens with zero attached hydrogens (tertiary/aromatic N) is 3. The van der Waals surface area contributed by atoms with Crippen molar-refractivity contribution in [1.29, 1.82) is 0 Å². The third-order valence-corrected chi connectivity index (χ3v) is 6.61. The Kier molecular flexibility index (Phi) is 6.62. The monoisotopic (exact) mass is 406 g/mol. The fraction of sp³-hybridized carbons (Fsp3) is 0.526. The van der Waals surface area contributed by atoms with Crippen LogP contribution in [-0.4, -0.2) is 60.3 Å². The van der Waals surface area contributed by atoms with E-state index in [1.165, 1.54) is 4.88 Å². The van der Waals surface area contributed by atoms with Gasteiger partial charge in [0.05, 0.1) is 12.0 Å². The SMILES string of the molecule is Cc1csc([C@H](Cc2cccs2)NC(=O)[C@@H]2CC(=O)N(CCN(C)C)C2)n1. The number of aromatic nitrogens is 1. The molecule has 3 heterocycles. The maximum Gasteiger partial charge on any atom is 0.225 e. The Morgan fingerprint density at radius 1 is 1.44 bits per heavy atom. The molecule has 2 atom stereocenters. The van der Waals surface area contributed by atoms with Crippen molar-refractivity contribution < 1.29 is 9.59 Å². The Bertz CT molecular complexity index is 773. The van der Waals surface area contributed by atoms with E-state index in [-0.39, 0.29) is 23.8 Å². The maximum atomic E-state index is 12.9. The number of carbonyl (C=O) groups excluding carboxylic acids is 2. The fourth-order valence-electron chi connectivity index (χ4n) is 3.14. The van der Waals surface area contributed by atoms with Crippen molar-refractivity contribution in [3.8, 4) is 0 Å². The van der Waals surface area contributed by atoms with Gasteiger partial charge in [0, 0.05) is 48.4 Å². The molecule has 1 aliphatic rings. The molecule has 2 aromatic rings. The van der Waals surface area contributed by atoms with Crippen LogP contribution in [0.15, 0.2) is 22.9 Å². The van der Waals surface area contributed by atoms with Gasteiger partial charge in [-0.1, -0.05) is 6.07 Å². The zero-order chi connectivity index (χ0) is 19.4. The number of likely N-dealkylation sites (N-methyl/N-ethyl adjacent to an activating group) is 1. The number of amides is 2. The summed E-state index contributed by atoms with van der Waals surface area (Å²) in [6, 6.07) is 3.94. The Morgan fingerprint density at radius 2 is 2.26 bits per heavy atom. The molecule has 0 aliphatic carbocycles. The number of hydrogen-bond donors (Lipinski definition) is 1. The predicted octanol–water partition coefficient (Wildman–Crippen LogP) is 2.32. The van der Waals surface area contributed by atoms with E-state index in [1.54, 1.807) is 27.6 Å². The van der Waals surface area contributed by atoms with Crippen LogP contribution in [0.4, 0.5) is 0 Å². The van der Waals surface area contributed by atoms with Crippen LogP contribution in [0.2, 0.25) is 0 Å². The van der Waals surface area contributed by atoms with E-state index in [2.05, 4.69) is 16.4 Å². The van der Waals surface area contributed by atoms with Crippen molar-refractivity contribution in [3.63, 3.8) is 0 Å². The molecule has 0 unspecified atom stereocenters. The summed E-state index contributed by atoms with van der Waals surface area (Å²) in [7, 11) is 3.96. The molecule has 1 saturated heterocycles. The summed E-state index contributed by atoms with van der Waals surface area (Å²) in [5.41, 5.74) is 0.964. The molecule has 2 amide bonds. The van der Waals surface area contributed by atoms with Crippen LogP contribution in [-0.2, 0) is 16.0 Å². The molecular formula is C19H26N4O2S2. The minimum atomic E-state index is -0.286. The van der Waals surface area contributed by atoms with E-state index in [0.29, 0.717) is 19.5 Å². The first-order valence-electron chi connectivity index (χ1n) is 9.09. The summed E-state index contributed by atoms with van der Waals surface area (Å²) >= 11 is 3.25. The van der Waals surface area contributed by atoms with E-state index >= 15 is 0 Å². The number of carbonyl (C=O) groups is 2. The minimum absolute atomic E-state index is 0.0508. The van der Waals surface area contributed by atoms with Crippen LogP contribution in [0.5, 0.6) is 0 Å². The number of thiophene rings is 1. The topological polar surface area (TPSA) is 65.5 Å². The first kappa shape index (κ1) is 20.0. The van der Waals surface area contributed by atoms with Gasteiger partial charge >= 0.3 is 0 Å².